The second kappa shape index (κ2) is 6.30. The minimum atomic E-state index is -1.34. The third-order valence-corrected chi connectivity index (χ3v) is 4.35. The fourth-order valence-corrected chi connectivity index (χ4v) is 3.36. The van der Waals surface area contributed by atoms with Crippen molar-refractivity contribution in [1.29, 1.82) is 0 Å². The summed E-state index contributed by atoms with van der Waals surface area (Å²) in [5, 5.41) is 0. The molecule has 0 saturated carbocycles. The van der Waals surface area contributed by atoms with E-state index < -0.39 is 59.8 Å². The fourth-order valence-electron chi connectivity index (χ4n) is 3.36. The Morgan fingerprint density at radius 1 is 1.11 bits per heavy atom. The minimum Gasteiger partial charge on any atom is -0.454 e. The summed E-state index contributed by atoms with van der Waals surface area (Å²) in [7, 11) is 0. The van der Waals surface area contributed by atoms with Crippen LogP contribution in [0.3, 0.4) is 0 Å². The molecule has 13 nitrogen and oxygen atoms in total. The summed E-state index contributed by atoms with van der Waals surface area (Å²) >= 11 is 0. The van der Waals surface area contributed by atoms with Gasteiger partial charge in [0.1, 0.15) is 11.8 Å². The van der Waals surface area contributed by atoms with Crippen molar-refractivity contribution in [1.82, 2.24) is 19.5 Å². The molecule has 2 N–H and O–H groups in total. The number of nitrogens with zero attached hydrogens (tertiary/aromatic N) is 2. The van der Waals surface area contributed by atoms with Gasteiger partial charge in [0.05, 0.1) is 6.33 Å². The summed E-state index contributed by atoms with van der Waals surface area (Å²) in [6.07, 6.45) is -4.49. The van der Waals surface area contributed by atoms with Gasteiger partial charge in [0.15, 0.2) is 24.0 Å². The first-order valence-electron chi connectivity index (χ1n) is 8.16. The van der Waals surface area contributed by atoms with E-state index in [-0.39, 0.29) is 11.2 Å². The van der Waals surface area contributed by atoms with Gasteiger partial charge < -0.3 is 18.9 Å². The van der Waals surface area contributed by atoms with Crippen LogP contribution in [-0.4, -0.2) is 61.8 Å². The van der Waals surface area contributed by atoms with Crippen LogP contribution in [0.1, 0.15) is 20.1 Å². The van der Waals surface area contributed by atoms with E-state index in [0.717, 1.165) is 13.8 Å². The zero-order valence-corrected chi connectivity index (χ0v) is 14.5. The van der Waals surface area contributed by atoms with E-state index in [0.29, 0.717) is 0 Å². The highest BCUT2D eigenvalue weighted by Gasteiger charge is 2.61. The number of fused-ring (bicyclic) bond motifs is 2. The normalized spacial score (nSPS) is 28.8. The third kappa shape index (κ3) is 2.76. The number of ether oxygens (including phenoxy) is 4. The van der Waals surface area contributed by atoms with Gasteiger partial charge in [-0.2, -0.15) is 0 Å². The quantitative estimate of drug-likeness (QED) is 0.442. The van der Waals surface area contributed by atoms with Gasteiger partial charge in [0.2, 0.25) is 6.10 Å². The van der Waals surface area contributed by atoms with Crippen molar-refractivity contribution < 1.29 is 33.3 Å². The molecule has 28 heavy (non-hydrogen) atoms. The Bertz CT molecular complexity index is 1100. The van der Waals surface area contributed by atoms with E-state index in [1.807, 2.05) is 4.98 Å². The van der Waals surface area contributed by atoms with Crippen molar-refractivity contribution in [2.24, 2.45) is 0 Å². The number of carbonyl (C=O) groups is 3. The number of aromatic nitrogens is 4. The molecule has 13 heteroatoms. The van der Waals surface area contributed by atoms with Crippen molar-refractivity contribution in [3.05, 3.63) is 27.2 Å². The predicted octanol–water partition coefficient (Wildman–Crippen LogP) is -1.90. The van der Waals surface area contributed by atoms with Crippen LogP contribution < -0.4 is 11.2 Å². The Hall–Kier alpha value is -3.48. The molecule has 0 amide bonds. The van der Waals surface area contributed by atoms with Crippen LogP contribution in [0.4, 0.5) is 0 Å². The second-order valence-electron chi connectivity index (χ2n) is 6.25. The van der Waals surface area contributed by atoms with E-state index in [4.69, 9.17) is 18.9 Å². The molecule has 0 spiro atoms. The Kier molecular flexibility index (Phi) is 4.03. The highest BCUT2D eigenvalue weighted by molar-refractivity contribution is 5.82. The molecular weight excluding hydrogens is 380 g/mol. The van der Waals surface area contributed by atoms with Crippen LogP contribution >= 0.6 is 0 Å². The smallest absolute Gasteiger partial charge is 0.350 e. The number of H-pyrrole nitrogens is 2. The number of nitrogens with one attached hydrogen (secondary N) is 2. The molecule has 2 aromatic rings. The highest BCUT2D eigenvalue weighted by Crippen LogP contribution is 2.40. The van der Waals surface area contributed by atoms with Crippen LogP contribution in [0.2, 0.25) is 0 Å². The standard InChI is InChI=1S/C15H14N4O9/c1-4(20)25-9-7-8(10(14(23)28-7)26-5(2)21)27-13(9)19-3-16-6-11(19)17-15(24)18-12(6)22/h3,7-10,13H,1-2H3,(H2,17,18,22,24)/t7-,8-,9+,10-,13-/m0/s1. The van der Waals surface area contributed by atoms with Crippen LogP contribution in [0.5, 0.6) is 0 Å². The maximum absolute atomic E-state index is 12.0. The molecule has 4 rings (SSSR count). The first kappa shape index (κ1) is 17.9. The topological polar surface area (TPSA) is 172 Å². The lowest BCUT2D eigenvalue weighted by Gasteiger charge is -2.22. The number of esters is 3. The lowest BCUT2D eigenvalue weighted by atomic mass is 10.1. The average molecular weight is 394 g/mol. The van der Waals surface area contributed by atoms with Crippen LogP contribution in [0, 0.1) is 0 Å². The lowest BCUT2D eigenvalue weighted by molar-refractivity contribution is -0.174. The predicted molar refractivity (Wildman–Crippen MR) is 85.9 cm³/mol. The van der Waals surface area contributed by atoms with E-state index in [1.54, 1.807) is 0 Å². The number of hydrogen-bond acceptors (Lipinski definition) is 10. The maximum Gasteiger partial charge on any atom is 0.350 e. The molecule has 0 aliphatic carbocycles. The summed E-state index contributed by atoms with van der Waals surface area (Å²) in [6, 6.07) is 0. The van der Waals surface area contributed by atoms with Crippen LogP contribution in [-0.2, 0) is 33.3 Å². The van der Waals surface area contributed by atoms with E-state index in [9.17, 15) is 24.0 Å². The summed E-state index contributed by atoms with van der Waals surface area (Å²) in [4.78, 5) is 66.8. The minimum absolute atomic E-state index is 0.0197. The molecule has 0 radical (unpaired) electrons. The summed E-state index contributed by atoms with van der Waals surface area (Å²) in [5.74, 6) is -2.23. The average Bonchev–Trinajstić information content (AvgIpc) is 3.22. The van der Waals surface area contributed by atoms with E-state index in [2.05, 4.69) is 9.97 Å². The molecule has 2 fully saturated rings. The molecular formula is C15H14N4O9. The van der Waals surface area contributed by atoms with Crippen molar-refractivity contribution in [2.45, 2.75) is 44.5 Å². The summed E-state index contributed by atoms with van der Waals surface area (Å²) < 4.78 is 22.5. The zero-order chi connectivity index (χ0) is 20.2. The number of aromatic amines is 2. The monoisotopic (exact) mass is 394 g/mol. The van der Waals surface area contributed by atoms with E-state index in [1.165, 1.54) is 10.9 Å². The highest BCUT2D eigenvalue weighted by atomic mass is 16.7. The largest absolute Gasteiger partial charge is 0.454 e. The van der Waals surface area contributed by atoms with Gasteiger partial charge in [-0.15, -0.1) is 0 Å². The molecule has 4 heterocycles. The molecule has 0 bridgehead atoms. The zero-order valence-electron chi connectivity index (χ0n) is 14.5. The number of imidazole rings is 1. The molecule has 2 saturated heterocycles. The SMILES string of the molecule is CC(=O)O[C@@H]1[C@H]2OC(=O)[C@@H](OC(C)=O)[C@H]2O[C@@H]1n1cnc2c(=O)[nH]c(=O)[nH]c21. The van der Waals surface area contributed by atoms with Crippen molar-refractivity contribution >= 4 is 29.1 Å². The first-order valence-corrected chi connectivity index (χ1v) is 8.16. The van der Waals surface area contributed by atoms with Crippen molar-refractivity contribution in [3.63, 3.8) is 0 Å². The summed E-state index contributed by atoms with van der Waals surface area (Å²) in [5.41, 5.74) is -1.55. The molecule has 2 aromatic heterocycles. The lowest BCUT2D eigenvalue weighted by Crippen LogP contribution is -2.36. The van der Waals surface area contributed by atoms with Gasteiger partial charge in [0.25, 0.3) is 5.56 Å². The Morgan fingerprint density at radius 2 is 1.82 bits per heavy atom. The Labute approximate surface area is 154 Å². The number of hydrogen-bond donors (Lipinski definition) is 2. The maximum atomic E-state index is 12.0. The van der Waals surface area contributed by atoms with Gasteiger partial charge in [-0.1, -0.05) is 0 Å². The molecule has 5 atom stereocenters. The fraction of sp³-hybridized carbons (Fsp3) is 0.467. The van der Waals surface area contributed by atoms with Gasteiger partial charge in [0, 0.05) is 13.8 Å². The number of carbonyl (C=O) groups excluding carboxylic acids is 3. The molecule has 2 aliphatic rings. The van der Waals surface area contributed by atoms with Gasteiger partial charge in [-0.3, -0.25) is 28.9 Å². The van der Waals surface area contributed by atoms with Crippen LogP contribution in [0.15, 0.2) is 15.9 Å². The Balaban J connectivity index is 1.78. The first-order chi connectivity index (χ1) is 13.3. The van der Waals surface area contributed by atoms with E-state index >= 15 is 0 Å². The molecule has 148 valence electrons. The van der Waals surface area contributed by atoms with Crippen molar-refractivity contribution in [2.75, 3.05) is 0 Å². The Morgan fingerprint density at radius 3 is 2.50 bits per heavy atom. The molecule has 2 aliphatic heterocycles. The van der Waals surface area contributed by atoms with Gasteiger partial charge in [-0.25, -0.2) is 14.6 Å². The van der Waals surface area contributed by atoms with Gasteiger partial charge in [-0.05, 0) is 0 Å². The summed E-state index contributed by atoms with van der Waals surface area (Å²) in [6.45, 7) is 2.28. The molecule has 0 aromatic carbocycles. The second-order valence-corrected chi connectivity index (χ2v) is 6.25. The third-order valence-electron chi connectivity index (χ3n) is 4.35. The molecule has 0 unspecified atom stereocenters. The number of rotatable bonds is 3. The van der Waals surface area contributed by atoms with Gasteiger partial charge >= 0.3 is 23.6 Å². The van der Waals surface area contributed by atoms with Crippen LogP contribution in [0.25, 0.3) is 11.2 Å². The van der Waals surface area contributed by atoms with Crippen molar-refractivity contribution in [3.8, 4) is 0 Å².